The maximum absolute atomic E-state index is 12.2. The first-order chi connectivity index (χ1) is 10.7. The van der Waals surface area contributed by atoms with E-state index in [9.17, 15) is 9.59 Å². The molecule has 1 aromatic rings. The van der Waals surface area contributed by atoms with Gasteiger partial charge in [-0.15, -0.1) is 0 Å². The largest absolute Gasteiger partial charge is 0.356 e. The van der Waals surface area contributed by atoms with E-state index in [4.69, 9.17) is 0 Å². The van der Waals surface area contributed by atoms with Crippen LogP contribution in [0.2, 0.25) is 0 Å². The lowest BCUT2D eigenvalue weighted by molar-refractivity contribution is -0.130. The molecule has 1 unspecified atom stereocenters. The summed E-state index contributed by atoms with van der Waals surface area (Å²) in [5, 5.41) is 6.96. The molecular weight excluding hydrogens is 282 g/mol. The summed E-state index contributed by atoms with van der Waals surface area (Å²) in [7, 11) is 0. The van der Waals surface area contributed by atoms with Gasteiger partial charge < -0.3 is 10.2 Å². The molecule has 1 atom stereocenters. The lowest BCUT2D eigenvalue weighted by Gasteiger charge is -2.23. The molecule has 1 N–H and O–H groups in total. The van der Waals surface area contributed by atoms with E-state index in [1.54, 1.807) is 11.0 Å². The third-order valence-corrected chi connectivity index (χ3v) is 4.62. The number of hydrogen-bond acceptors (Lipinski definition) is 4. The molecule has 0 aromatic carbocycles. The van der Waals surface area contributed by atoms with Gasteiger partial charge in [0.1, 0.15) is 12.7 Å². The molecule has 22 heavy (non-hydrogen) atoms. The predicted octanol–water partition coefficient (Wildman–Crippen LogP) is 0.575. The maximum Gasteiger partial charge on any atom is 0.225 e. The Hall–Kier alpha value is -1.92. The highest BCUT2D eigenvalue weighted by molar-refractivity contribution is 5.89. The molecule has 2 aliphatic rings. The highest BCUT2D eigenvalue weighted by Crippen LogP contribution is 2.29. The number of aromatic nitrogens is 3. The van der Waals surface area contributed by atoms with Crippen LogP contribution < -0.4 is 5.32 Å². The summed E-state index contributed by atoms with van der Waals surface area (Å²) in [4.78, 5) is 30.1. The lowest BCUT2D eigenvalue weighted by Crippen LogP contribution is -2.37. The van der Waals surface area contributed by atoms with Crippen molar-refractivity contribution in [2.75, 3.05) is 13.1 Å². The summed E-state index contributed by atoms with van der Waals surface area (Å²) < 4.78 is 1.74. The van der Waals surface area contributed by atoms with Crippen molar-refractivity contribution in [3.63, 3.8) is 0 Å². The molecule has 1 aromatic heterocycles. The van der Waals surface area contributed by atoms with Crippen LogP contribution in [0.15, 0.2) is 12.7 Å². The zero-order valence-electron chi connectivity index (χ0n) is 12.8. The van der Waals surface area contributed by atoms with Crippen LogP contribution in [0.1, 0.15) is 38.5 Å². The number of carbonyl (C=O) groups is 2. The van der Waals surface area contributed by atoms with E-state index in [0.29, 0.717) is 25.6 Å². The summed E-state index contributed by atoms with van der Waals surface area (Å²) >= 11 is 0. The Bertz CT molecular complexity index is 510. The Balaban J connectivity index is 1.40. The van der Waals surface area contributed by atoms with Gasteiger partial charge in [-0.3, -0.25) is 14.3 Å². The molecule has 2 fully saturated rings. The van der Waals surface area contributed by atoms with Crippen molar-refractivity contribution < 1.29 is 9.59 Å². The van der Waals surface area contributed by atoms with Crippen LogP contribution in [0.3, 0.4) is 0 Å². The van der Waals surface area contributed by atoms with E-state index >= 15 is 0 Å². The van der Waals surface area contributed by atoms with Crippen molar-refractivity contribution in [2.24, 2.45) is 5.92 Å². The van der Waals surface area contributed by atoms with Gasteiger partial charge in [-0.2, -0.15) is 5.10 Å². The van der Waals surface area contributed by atoms with Gasteiger partial charge in [0, 0.05) is 32.1 Å². The Morgan fingerprint density at radius 1 is 1.36 bits per heavy atom. The molecule has 120 valence electrons. The average molecular weight is 305 g/mol. The summed E-state index contributed by atoms with van der Waals surface area (Å²) in [5.41, 5.74) is 0. The van der Waals surface area contributed by atoms with Gasteiger partial charge in [-0.05, 0) is 19.3 Å². The van der Waals surface area contributed by atoms with Crippen molar-refractivity contribution in [2.45, 2.75) is 51.1 Å². The summed E-state index contributed by atoms with van der Waals surface area (Å²) in [6, 6.07) is 0.373. The first kappa shape index (κ1) is 15.0. The summed E-state index contributed by atoms with van der Waals surface area (Å²) in [6.07, 6.45) is 8.93. The Labute approximate surface area is 130 Å². The summed E-state index contributed by atoms with van der Waals surface area (Å²) in [6.45, 7) is 1.93. The molecule has 1 aliphatic heterocycles. The molecule has 0 spiro atoms. The quantitative estimate of drug-likeness (QED) is 0.780. The second-order valence-electron chi connectivity index (χ2n) is 6.19. The van der Waals surface area contributed by atoms with Gasteiger partial charge in [0.05, 0.1) is 5.92 Å². The second-order valence-corrected chi connectivity index (χ2v) is 6.19. The van der Waals surface area contributed by atoms with Gasteiger partial charge in [0.25, 0.3) is 0 Å². The van der Waals surface area contributed by atoms with Crippen molar-refractivity contribution in [3.05, 3.63) is 12.7 Å². The standard InChI is InChI=1S/C15H23N5O2/c21-14-8-12(9-20(14)13-4-1-2-5-13)15(22)17-6-3-7-19-11-16-10-18-19/h10-13H,1-9H2,(H,17,22). The molecule has 2 heterocycles. The van der Waals surface area contributed by atoms with E-state index in [2.05, 4.69) is 15.4 Å². The minimum absolute atomic E-state index is 0.00689. The molecule has 1 aliphatic carbocycles. The fourth-order valence-electron chi connectivity index (χ4n) is 3.42. The van der Waals surface area contributed by atoms with Gasteiger partial charge in [-0.25, -0.2) is 4.98 Å². The second kappa shape index (κ2) is 6.89. The van der Waals surface area contributed by atoms with Crippen LogP contribution in [-0.2, 0) is 16.1 Å². The van der Waals surface area contributed by atoms with Crippen molar-refractivity contribution in [1.29, 1.82) is 0 Å². The predicted molar refractivity (Wildman–Crippen MR) is 79.7 cm³/mol. The number of likely N-dealkylation sites (tertiary alicyclic amines) is 1. The minimum atomic E-state index is -0.181. The third kappa shape index (κ3) is 3.45. The molecular formula is C15H23N5O2. The molecule has 7 heteroatoms. The number of carbonyl (C=O) groups excluding carboxylic acids is 2. The molecule has 2 amide bonds. The van der Waals surface area contributed by atoms with Gasteiger partial charge in [-0.1, -0.05) is 12.8 Å². The number of hydrogen-bond donors (Lipinski definition) is 1. The number of nitrogens with one attached hydrogen (secondary N) is 1. The maximum atomic E-state index is 12.2. The number of aryl methyl sites for hydroxylation is 1. The van der Waals surface area contributed by atoms with E-state index in [1.807, 2.05) is 4.90 Å². The number of nitrogens with zero attached hydrogens (tertiary/aromatic N) is 4. The van der Waals surface area contributed by atoms with Crippen LogP contribution >= 0.6 is 0 Å². The van der Waals surface area contributed by atoms with Crippen LogP contribution in [0.5, 0.6) is 0 Å². The number of rotatable bonds is 6. The number of amides is 2. The monoisotopic (exact) mass is 305 g/mol. The lowest BCUT2D eigenvalue weighted by atomic mass is 10.1. The zero-order chi connectivity index (χ0) is 15.4. The van der Waals surface area contributed by atoms with Crippen molar-refractivity contribution in [3.8, 4) is 0 Å². The van der Waals surface area contributed by atoms with E-state index < -0.39 is 0 Å². The van der Waals surface area contributed by atoms with Gasteiger partial charge >= 0.3 is 0 Å². The third-order valence-electron chi connectivity index (χ3n) is 4.62. The molecule has 0 radical (unpaired) electrons. The minimum Gasteiger partial charge on any atom is -0.356 e. The highest BCUT2D eigenvalue weighted by atomic mass is 16.2. The fourth-order valence-corrected chi connectivity index (χ4v) is 3.42. The highest BCUT2D eigenvalue weighted by Gasteiger charge is 2.38. The average Bonchev–Trinajstić information content (AvgIpc) is 3.24. The van der Waals surface area contributed by atoms with Crippen LogP contribution in [0.25, 0.3) is 0 Å². The zero-order valence-corrected chi connectivity index (χ0v) is 12.8. The van der Waals surface area contributed by atoms with E-state index in [0.717, 1.165) is 25.8 Å². The van der Waals surface area contributed by atoms with Crippen LogP contribution in [0.4, 0.5) is 0 Å². The smallest absolute Gasteiger partial charge is 0.225 e. The fraction of sp³-hybridized carbons (Fsp3) is 0.733. The Morgan fingerprint density at radius 3 is 2.91 bits per heavy atom. The molecule has 0 bridgehead atoms. The first-order valence-corrected chi connectivity index (χ1v) is 8.13. The van der Waals surface area contributed by atoms with Gasteiger partial charge in [0.2, 0.25) is 11.8 Å². The topological polar surface area (TPSA) is 80.1 Å². The molecule has 1 saturated heterocycles. The van der Waals surface area contributed by atoms with Crippen molar-refractivity contribution in [1.82, 2.24) is 25.0 Å². The molecule has 3 rings (SSSR count). The summed E-state index contributed by atoms with van der Waals surface area (Å²) in [5.74, 6) is -0.0263. The Kier molecular flexibility index (Phi) is 4.70. The van der Waals surface area contributed by atoms with Crippen molar-refractivity contribution >= 4 is 11.8 Å². The Morgan fingerprint density at radius 2 is 2.18 bits per heavy atom. The SMILES string of the molecule is O=C(NCCCn1cncn1)C1CC(=O)N(C2CCCC2)C1. The van der Waals surface area contributed by atoms with E-state index in [-0.39, 0.29) is 17.7 Å². The van der Waals surface area contributed by atoms with Crippen LogP contribution in [-0.4, -0.2) is 50.6 Å². The van der Waals surface area contributed by atoms with Crippen LogP contribution in [0, 0.1) is 5.92 Å². The van der Waals surface area contributed by atoms with E-state index in [1.165, 1.54) is 19.2 Å². The molecule has 7 nitrogen and oxygen atoms in total. The normalized spacial score (nSPS) is 22.5. The van der Waals surface area contributed by atoms with Gasteiger partial charge in [0.15, 0.2) is 0 Å². The first-order valence-electron chi connectivity index (χ1n) is 8.13. The molecule has 1 saturated carbocycles.